The summed E-state index contributed by atoms with van der Waals surface area (Å²) in [4.78, 5) is 77.0. The fraction of sp³-hybridized carbons (Fsp3) is 0. The van der Waals surface area contributed by atoms with Crippen molar-refractivity contribution in [1.82, 2.24) is 0 Å². The number of carbonyl (C=O) groups is 6. The quantitative estimate of drug-likeness (QED) is 0.246. The first kappa shape index (κ1) is 26.5. The largest absolute Gasteiger partial charge is 0.478 e. The summed E-state index contributed by atoms with van der Waals surface area (Å²) in [6, 6.07) is 21.1. The molecule has 5 rings (SSSR count). The molecule has 0 fully saturated rings. The van der Waals surface area contributed by atoms with Gasteiger partial charge in [-0.05, 0) is 54.6 Å². The third-order valence-electron chi connectivity index (χ3n) is 6.31. The number of amides is 4. The molecule has 4 aromatic carbocycles. The maximum absolute atomic E-state index is 13.3. The highest BCUT2D eigenvalue weighted by molar-refractivity contribution is 6.34. The van der Waals surface area contributed by atoms with E-state index in [1.54, 1.807) is 12.1 Å². The number of rotatable bonds is 7. The average molecular weight is 549 g/mol. The number of aromatic carboxylic acids is 2. The molecule has 0 aromatic heterocycles. The summed E-state index contributed by atoms with van der Waals surface area (Å²) in [6.45, 7) is 0. The van der Waals surface area contributed by atoms with Crippen LogP contribution >= 0.6 is 0 Å². The van der Waals surface area contributed by atoms with Crippen LogP contribution in [0.1, 0.15) is 62.1 Å². The molecular weight excluding hydrogens is 530 g/mol. The van der Waals surface area contributed by atoms with Crippen LogP contribution in [-0.2, 0) is 0 Å². The lowest BCUT2D eigenvalue weighted by Gasteiger charge is -2.17. The van der Waals surface area contributed by atoms with Crippen LogP contribution in [0.4, 0.5) is 17.1 Å². The van der Waals surface area contributed by atoms with Crippen LogP contribution in [0.15, 0.2) is 91.0 Å². The van der Waals surface area contributed by atoms with Crippen molar-refractivity contribution < 1.29 is 39.0 Å². The second-order valence-corrected chi connectivity index (χ2v) is 8.87. The molecule has 0 saturated heterocycles. The van der Waals surface area contributed by atoms with Gasteiger partial charge in [0.05, 0.1) is 39.3 Å². The number of nitrogens with zero attached hydrogens (tertiary/aromatic N) is 1. The topological polar surface area (TPSA) is 170 Å². The zero-order valence-electron chi connectivity index (χ0n) is 21.0. The molecule has 1 aliphatic rings. The maximum Gasteiger partial charge on any atom is 0.337 e. The van der Waals surface area contributed by atoms with Gasteiger partial charge in [0.15, 0.2) is 0 Å². The molecule has 0 spiro atoms. The number of imide groups is 1. The predicted octanol–water partition coefficient (Wildman–Crippen LogP) is 4.39. The lowest BCUT2D eigenvalue weighted by Crippen LogP contribution is -2.30. The zero-order valence-corrected chi connectivity index (χ0v) is 21.0. The molecule has 11 nitrogen and oxygen atoms in total. The lowest BCUT2D eigenvalue weighted by molar-refractivity contribution is 0.0687. The van der Waals surface area contributed by atoms with Gasteiger partial charge in [-0.25, -0.2) is 14.5 Å². The number of nitrogens with one attached hydrogen (secondary N) is 2. The van der Waals surface area contributed by atoms with Gasteiger partial charge in [-0.2, -0.15) is 0 Å². The van der Waals surface area contributed by atoms with E-state index >= 15 is 0 Å². The Morgan fingerprint density at radius 2 is 0.951 bits per heavy atom. The van der Waals surface area contributed by atoms with Gasteiger partial charge in [0.1, 0.15) is 0 Å². The first-order valence-corrected chi connectivity index (χ1v) is 12.1. The van der Waals surface area contributed by atoms with Crippen molar-refractivity contribution in [2.24, 2.45) is 0 Å². The van der Waals surface area contributed by atoms with Gasteiger partial charge in [0, 0.05) is 11.1 Å². The normalized spacial score (nSPS) is 12.0. The smallest absolute Gasteiger partial charge is 0.337 e. The van der Waals surface area contributed by atoms with Crippen molar-refractivity contribution in [2.45, 2.75) is 0 Å². The Hall–Kier alpha value is -6.10. The predicted molar refractivity (Wildman–Crippen MR) is 147 cm³/mol. The lowest BCUT2D eigenvalue weighted by atomic mass is 10.1. The zero-order chi connectivity index (χ0) is 29.3. The van der Waals surface area contributed by atoms with Crippen molar-refractivity contribution in [3.8, 4) is 0 Å². The van der Waals surface area contributed by atoms with Crippen LogP contribution in [-0.4, -0.2) is 45.8 Å². The average Bonchev–Trinajstić information content (AvgIpc) is 3.22. The molecule has 0 bridgehead atoms. The first-order valence-electron chi connectivity index (χ1n) is 12.1. The number of carboxylic acid groups (broad SMARTS) is 2. The van der Waals surface area contributed by atoms with E-state index in [4.69, 9.17) is 0 Å². The molecule has 0 unspecified atom stereocenters. The second-order valence-electron chi connectivity index (χ2n) is 8.87. The molecule has 1 heterocycles. The van der Waals surface area contributed by atoms with E-state index in [2.05, 4.69) is 10.6 Å². The van der Waals surface area contributed by atoms with Gasteiger partial charge >= 0.3 is 11.9 Å². The molecule has 0 radical (unpaired) electrons. The minimum Gasteiger partial charge on any atom is -0.478 e. The highest BCUT2D eigenvalue weighted by Crippen LogP contribution is 2.31. The SMILES string of the molecule is O=C(Nc1ccccc1C(=O)O)c1cc(C(=O)Nc2ccccc2C(=O)O)cc(N2C(=O)c3ccccc3C2=O)c1. The Bertz CT molecular complexity index is 1670. The third kappa shape index (κ3) is 5.02. The van der Waals surface area contributed by atoms with Crippen LogP contribution in [0.25, 0.3) is 0 Å². The minimum atomic E-state index is -1.28. The molecule has 4 N–H and O–H groups in total. The minimum absolute atomic E-state index is 0.0162. The number of carbonyl (C=O) groups excluding carboxylic acids is 4. The number of hydrogen-bond acceptors (Lipinski definition) is 6. The summed E-state index contributed by atoms with van der Waals surface area (Å²) < 4.78 is 0. The van der Waals surface area contributed by atoms with Crippen LogP contribution in [0.2, 0.25) is 0 Å². The second kappa shape index (κ2) is 10.6. The molecule has 0 atom stereocenters. The van der Waals surface area contributed by atoms with E-state index in [0.717, 1.165) is 4.90 Å². The van der Waals surface area contributed by atoms with Crippen molar-refractivity contribution in [3.63, 3.8) is 0 Å². The molecule has 41 heavy (non-hydrogen) atoms. The number of anilines is 3. The molecule has 4 aromatic rings. The van der Waals surface area contributed by atoms with Crippen LogP contribution in [0.3, 0.4) is 0 Å². The third-order valence-corrected chi connectivity index (χ3v) is 6.31. The maximum atomic E-state index is 13.3. The van der Waals surface area contributed by atoms with Gasteiger partial charge in [0.25, 0.3) is 23.6 Å². The fourth-order valence-corrected chi connectivity index (χ4v) is 4.37. The number of hydrogen-bond donors (Lipinski definition) is 4. The summed E-state index contributed by atoms with van der Waals surface area (Å²) in [5.74, 6) is -5.53. The van der Waals surface area contributed by atoms with Crippen molar-refractivity contribution in [1.29, 1.82) is 0 Å². The summed E-state index contributed by atoms with van der Waals surface area (Å²) >= 11 is 0. The first-order chi connectivity index (χ1) is 19.7. The van der Waals surface area contributed by atoms with Gasteiger partial charge in [-0.15, -0.1) is 0 Å². The van der Waals surface area contributed by atoms with Crippen molar-refractivity contribution >= 4 is 52.6 Å². The standard InChI is InChI=1S/C30H19N3O8/c34-25(31-23-11-5-3-9-21(23)29(38)39)16-13-17(26(35)32-24-12-6-4-10-22(24)30(40)41)15-18(14-16)33-27(36)19-7-1-2-8-20(19)28(33)37/h1-15H,(H,31,34)(H,32,35)(H,38,39)(H,40,41). The molecule has 0 aliphatic carbocycles. The number of benzene rings is 4. The monoisotopic (exact) mass is 549 g/mol. The van der Waals surface area contributed by atoms with Crippen LogP contribution in [0, 0.1) is 0 Å². The van der Waals surface area contributed by atoms with Gasteiger partial charge in [0.2, 0.25) is 0 Å². The molecule has 4 amide bonds. The summed E-state index contributed by atoms with van der Waals surface area (Å²) in [5, 5.41) is 23.9. The summed E-state index contributed by atoms with van der Waals surface area (Å²) in [7, 11) is 0. The van der Waals surface area contributed by atoms with E-state index in [1.807, 2.05) is 0 Å². The Morgan fingerprint density at radius 3 is 1.37 bits per heavy atom. The number of para-hydroxylation sites is 2. The van der Waals surface area contributed by atoms with Crippen LogP contribution in [0.5, 0.6) is 0 Å². The molecule has 0 saturated carbocycles. The van der Waals surface area contributed by atoms with E-state index in [-0.39, 0.29) is 50.4 Å². The van der Waals surface area contributed by atoms with Crippen molar-refractivity contribution in [2.75, 3.05) is 15.5 Å². The summed E-state index contributed by atoms with van der Waals surface area (Å²) in [5.41, 5.74) is -0.539. The summed E-state index contributed by atoms with van der Waals surface area (Å²) in [6.07, 6.45) is 0. The Balaban J connectivity index is 1.57. The van der Waals surface area contributed by atoms with E-state index in [0.29, 0.717) is 0 Å². The van der Waals surface area contributed by atoms with Gasteiger partial charge in [-0.3, -0.25) is 19.2 Å². The molecule has 1 aliphatic heterocycles. The highest BCUT2D eigenvalue weighted by Gasteiger charge is 2.37. The number of carboxylic acids is 2. The van der Waals surface area contributed by atoms with Crippen LogP contribution < -0.4 is 15.5 Å². The number of fused-ring (bicyclic) bond motifs is 1. The fourth-order valence-electron chi connectivity index (χ4n) is 4.37. The molecule has 202 valence electrons. The van der Waals surface area contributed by atoms with E-state index in [9.17, 15) is 39.0 Å². The highest BCUT2D eigenvalue weighted by atomic mass is 16.4. The Labute approximate surface area is 231 Å². The van der Waals surface area contributed by atoms with Gasteiger partial charge < -0.3 is 20.8 Å². The molecule has 11 heteroatoms. The molecular formula is C30H19N3O8. The Morgan fingerprint density at radius 1 is 0.561 bits per heavy atom. The van der Waals surface area contributed by atoms with Crippen molar-refractivity contribution in [3.05, 3.63) is 124 Å². The Kier molecular flexibility index (Phi) is 6.84. The van der Waals surface area contributed by atoms with E-state index in [1.165, 1.54) is 78.9 Å². The van der Waals surface area contributed by atoms with E-state index < -0.39 is 35.6 Å². The van der Waals surface area contributed by atoms with Gasteiger partial charge in [-0.1, -0.05) is 36.4 Å².